The van der Waals surface area contributed by atoms with Crippen LogP contribution in [0.2, 0.25) is 0 Å². The number of hydrogen-bond acceptors (Lipinski definition) is 4. The maximum Gasteiger partial charge on any atom is 0.275 e. The zero-order valence-electron chi connectivity index (χ0n) is 12.6. The second-order valence-corrected chi connectivity index (χ2v) is 5.95. The van der Waals surface area contributed by atoms with E-state index in [4.69, 9.17) is 0 Å². The molecule has 3 rings (SSSR count). The summed E-state index contributed by atoms with van der Waals surface area (Å²) in [5, 5.41) is 18.8. The van der Waals surface area contributed by atoms with Crippen molar-refractivity contribution in [2.75, 3.05) is 13.6 Å². The van der Waals surface area contributed by atoms with Crippen LogP contribution in [-0.4, -0.2) is 50.1 Å². The van der Waals surface area contributed by atoms with Gasteiger partial charge in [-0.3, -0.25) is 4.79 Å². The minimum absolute atomic E-state index is 0.220. The van der Waals surface area contributed by atoms with E-state index in [1.165, 1.54) is 15.9 Å². The highest BCUT2D eigenvalue weighted by molar-refractivity contribution is 5.91. The molecule has 6 heteroatoms. The molecule has 2 aromatic rings. The molecule has 1 amide bonds. The van der Waals surface area contributed by atoms with Crippen molar-refractivity contribution in [1.82, 2.24) is 19.9 Å². The molecule has 1 heterocycles. The lowest BCUT2D eigenvalue weighted by Gasteiger charge is -2.28. The predicted molar refractivity (Wildman–Crippen MR) is 81.7 cm³/mol. The van der Waals surface area contributed by atoms with Gasteiger partial charge in [0.25, 0.3) is 5.91 Å². The lowest BCUT2D eigenvalue weighted by atomic mass is 10.0. The molecular weight excluding hydrogens is 280 g/mol. The fourth-order valence-electron chi connectivity index (χ4n) is 2.95. The molecule has 0 unspecified atom stereocenters. The second-order valence-electron chi connectivity index (χ2n) is 5.95. The molecule has 0 saturated heterocycles. The Morgan fingerprint density at radius 3 is 2.68 bits per heavy atom. The van der Waals surface area contributed by atoms with Crippen LogP contribution in [0, 0.1) is 0 Å². The predicted octanol–water partition coefficient (Wildman–Crippen LogP) is 1.64. The first-order chi connectivity index (χ1) is 10.6. The van der Waals surface area contributed by atoms with Gasteiger partial charge in [-0.25, -0.2) is 0 Å². The molecule has 0 radical (unpaired) electrons. The van der Waals surface area contributed by atoms with Crippen molar-refractivity contribution in [3.63, 3.8) is 0 Å². The van der Waals surface area contributed by atoms with E-state index in [1.807, 2.05) is 30.3 Å². The van der Waals surface area contributed by atoms with Crippen LogP contribution in [0.1, 0.15) is 36.2 Å². The Bertz CT molecular complexity index is 647. The summed E-state index contributed by atoms with van der Waals surface area (Å²) in [5.74, 6) is -0.220. The van der Waals surface area contributed by atoms with E-state index in [0.717, 1.165) is 31.4 Å². The highest BCUT2D eigenvalue weighted by Crippen LogP contribution is 2.30. The summed E-state index contributed by atoms with van der Waals surface area (Å²) in [6.07, 6.45) is 5.00. The van der Waals surface area contributed by atoms with E-state index < -0.39 is 5.60 Å². The number of amides is 1. The van der Waals surface area contributed by atoms with Crippen LogP contribution in [0.4, 0.5) is 0 Å². The Balaban J connectivity index is 1.71. The molecule has 1 aliphatic carbocycles. The normalized spacial score (nSPS) is 16.6. The highest BCUT2D eigenvalue weighted by Gasteiger charge is 2.34. The Morgan fingerprint density at radius 2 is 2.00 bits per heavy atom. The van der Waals surface area contributed by atoms with Crippen LogP contribution in [0.15, 0.2) is 36.5 Å². The van der Waals surface area contributed by atoms with Crippen LogP contribution in [-0.2, 0) is 0 Å². The lowest BCUT2D eigenvalue weighted by molar-refractivity contribution is 0.0154. The van der Waals surface area contributed by atoms with Crippen molar-refractivity contribution in [1.29, 1.82) is 0 Å². The molecule has 1 aromatic carbocycles. The van der Waals surface area contributed by atoms with Crippen molar-refractivity contribution in [3.05, 3.63) is 42.2 Å². The van der Waals surface area contributed by atoms with Gasteiger partial charge in [0.15, 0.2) is 5.69 Å². The molecule has 0 spiro atoms. The lowest BCUT2D eigenvalue weighted by Crippen LogP contribution is -2.42. The molecule has 0 atom stereocenters. The smallest absolute Gasteiger partial charge is 0.275 e. The van der Waals surface area contributed by atoms with E-state index in [9.17, 15) is 9.90 Å². The molecule has 6 nitrogen and oxygen atoms in total. The number of rotatable bonds is 4. The Labute approximate surface area is 129 Å². The monoisotopic (exact) mass is 300 g/mol. The fourth-order valence-corrected chi connectivity index (χ4v) is 2.95. The van der Waals surface area contributed by atoms with Crippen LogP contribution >= 0.6 is 0 Å². The third-order valence-corrected chi connectivity index (χ3v) is 4.11. The summed E-state index contributed by atoms with van der Waals surface area (Å²) in [7, 11) is 1.69. The molecule has 1 N–H and O–H groups in total. The number of hydrogen-bond donors (Lipinski definition) is 1. The average Bonchev–Trinajstić information content (AvgIpc) is 3.17. The molecule has 0 bridgehead atoms. The summed E-state index contributed by atoms with van der Waals surface area (Å²) < 4.78 is 0. The standard InChI is InChI=1S/C16H20N4O2/c1-19(12-16(22)9-5-6-10-16)15(21)14-11-17-20(18-14)13-7-3-2-4-8-13/h2-4,7-8,11,22H,5-6,9-10,12H2,1H3. The highest BCUT2D eigenvalue weighted by atomic mass is 16.3. The van der Waals surface area contributed by atoms with Gasteiger partial charge < -0.3 is 10.0 Å². The van der Waals surface area contributed by atoms with Gasteiger partial charge in [0.1, 0.15) is 0 Å². The van der Waals surface area contributed by atoms with E-state index in [0.29, 0.717) is 6.54 Å². The molecule has 116 valence electrons. The maximum absolute atomic E-state index is 12.4. The minimum atomic E-state index is -0.750. The van der Waals surface area contributed by atoms with Crippen molar-refractivity contribution < 1.29 is 9.90 Å². The van der Waals surface area contributed by atoms with Crippen molar-refractivity contribution >= 4 is 5.91 Å². The van der Waals surface area contributed by atoms with Crippen LogP contribution < -0.4 is 0 Å². The zero-order chi connectivity index (χ0) is 15.6. The molecule has 1 fully saturated rings. The summed E-state index contributed by atoms with van der Waals surface area (Å²) in [4.78, 5) is 15.4. The molecule has 22 heavy (non-hydrogen) atoms. The summed E-state index contributed by atoms with van der Waals surface area (Å²) in [5.41, 5.74) is 0.339. The first-order valence-corrected chi connectivity index (χ1v) is 7.53. The first kappa shape index (κ1) is 14.7. The second kappa shape index (κ2) is 5.88. The number of nitrogens with zero attached hydrogens (tertiary/aromatic N) is 4. The van der Waals surface area contributed by atoms with Gasteiger partial charge in [0, 0.05) is 13.6 Å². The van der Waals surface area contributed by atoms with Crippen LogP contribution in [0.3, 0.4) is 0 Å². The molecule has 1 aromatic heterocycles. The van der Waals surface area contributed by atoms with Gasteiger partial charge >= 0.3 is 0 Å². The molecule has 0 aliphatic heterocycles. The van der Waals surface area contributed by atoms with E-state index in [-0.39, 0.29) is 11.6 Å². The van der Waals surface area contributed by atoms with Gasteiger partial charge in [-0.05, 0) is 25.0 Å². The summed E-state index contributed by atoms with van der Waals surface area (Å²) in [6, 6.07) is 9.44. The molecule has 1 saturated carbocycles. The van der Waals surface area contributed by atoms with E-state index >= 15 is 0 Å². The number of likely N-dealkylation sites (N-methyl/N-ethyl adjacent to an activating group) is 1. The van der Waals surface area contributed by atoms with Crippen LogP contribution in [0.5, 0.6) is 0 Å². The minimum Gasteiger partial charge on any atom is -0.388 e. The molecular formula is C16H20N4O2. The van der Waals surface area contributed by atoms with Gasteiger partial charge in [-0.1, -0.05) is 31.0 Å². The quantitative estimate of drug-likeness (QED) is 0.932. The van der Waals surface area contributed by atoms with Crippen molar-refractivity contribution in [2.24, 2.45) is 0 Å². The Kier molecular flexibility index (Phi) is 3.94. The largest absolute Gasteiger partial charge is 0.388 e. The zero-order valence-corrected chi connectivity index (χ0v) is 12.6. The first-order valence-electron chi connectivity index (χ1n) is 7.53. The Hall–Kier alpha value is -2.21. The van der Waals surface area contributed by atoms with Gasteiger partial charge in [-0.15, -0.1) is 5.10 Å². The molecule has 1 aliphatic rings. The summed E-state index contributed by atoms with van der Waals surface area (Å²) >= 11 is 0. The number of aliphatic hydroxyl groups is 1. The van der Waals surface area contributed by atoms with Crippen molar-refractivity contribution in [2.45, 2.75) is 31.3 Å². The number of carbonyl (C=O) groups excluding carboxylic acids is 1. The van der Waals surface area contributed by atoms with Gasteiger partial charge in [-0.2, -0.15) is 9.90 Å². The third-order valence-electron chi connectivity index (χ3n) is 4.11. The maximum atomic E-state index is 12.4. The van der Waals surface area contributed by atoms with E-state index in [1.54, 1.807) is 7.05 Å². The number of para-hydroxylation sites is 1. The SMILES string of the molecule is CN(CC1(O)CCCC1)C(=O)c1cnn(-c2ccccc2)n1. The third kappa shape index (κ3) is 3.01. The average molecular weight is 300 g/mol. The van der Waals surface area contributed by atoms with Crippen molar-refractivity contribution in [3.8, 4) is 5.69 Å². The van der Waals surface area contributed by atoms with E-state index in [2.05, 4.69) is 10.2 Å². The fraction of sp³-hybridized carbons (Fsp3) is 0.438. The van der Waals surface area contributed by atoms with Gasteiger partial charge in [0.2, 0.25) is 0 Å². The topological polar surface area (TPSA) is 71.2 Å². The van der Waals surface area contributed by atoms with Gasteiger partial charge in [0.05, 0.1) is 17.5 Å². The Morgan fingerprint density at radius 1 is 1.32 bits per heavy atom. The number of aromatic nitrogens is 3. The summed E-state index contributed by atoms with van der Waals surface area (Å²) in [6.45, 7) is 0.337. The number of benzene rings is 1. The van der Waals surface area contributed by atoms with Crippen LogP contribution in [0.25, 0.3) is 5.69 Å². The number of carbonyl (C=O) groups is 1.